The number of imidazole rings is 1. The molecule has 72 valence electrons. The van der Waals surface area contributed by atoms with E-state index in [4.69, 9.17) is 5.73 Å². The molecule has 0 aliphatic rings. The van der Waals surface area contributed by atoms with Crippen molar-refractivity contribution in [3.63, 3.8) is 0 Å². The van der Waals surface area contributed by atoms with E-state index in [-0.39, 0.29) is 0 Å². The van der Waals surface area contributed by atoms with E-state index in [2.05, 4.69) is 25.3 Å². The number of primary amides is 1. The Morgan fingerprint density at radius 1 is 1.57 bits per heavy atom. The fourth-order valence-corrected chi connectivity index (χ4v) is 1.15. The van der Waals surface area contributed by atoms with Crippen molar-refractivity contribution in [1.82, 2.24) is 19.9 Å². The minimum atomic E-state index is -0.668. The van der Waals surface area contributed by atoms with Crippen molar-refractivity contribution in [3.05, 3.63) is 12.2 Å². The standard InChI is InChI=1S/C7H8N6O/c1-3-11-5-4(9-2-10-5)6(12-3)13-7(8)14/h2H,1H3,(H4,8,9,10,11,12,13,14). The second-order valence-electron chi connectivity index (χ2n) is 2.71. The first-order valence-electron chi connectivity index (χ1n) is 3.91. The molecule has 0 atom stereocenters. The molecule has 0 aliphatic heterocycles. The molecule has 0 bridgehead atoms. The number of aromatic amines is 1. The van der Waals surface area contributed by atoms with E-state index in [1.165, 1.54) is 6.33 Å². The Labute approximate surface area is 78.8 Å². The van der Waals surface area contributed by atoms with Crippen LogP contribution in [0.2, 0.25) is 0 Å². The number of aromatic nitrogens is 4. The number of nitrogens with two attached hydrogens (primary N) is 1. The van der Waals surface area contributed by atoms with E-state index >= 15 is 0 Å². The van der Waals surface area contributed by atoms with Crippen LogP contribution in [0, 0.1) is 6.92 Å². The SMILES string of the molecule is Cc1nc(NC(N)=O)c2[nH]cnc2n1. The number of nitrogens with zero attached hydrogens (tertiary/aromatic N) is 3. The Morgan fingerprint density at radius 2 is 2.36 bits per heavy atom. The van der Waals surface area contributed by atoms with Crippen LogP contribution in [0.4, 0.5) is 10.6 Å². The number of H-pyrrole nitrogens is 1. The number of hydrogen-bond acceptors (Lipinski definition) is 4. The molecular weight excluding hydrogens is 184 g/mol. The smallest absolute Gasteiger partial charge is 0.317 e. The molecule has 0 saturated heterocycles. The Kier molecular flexibility index (Phi) is 1.77. The van der Waals surface area contributed by atoms with Gasteiger partial charge in [-0.1, -0.05) is 0 Å². The molecule has 14 heavy (non-hydrogen) atoms. The number of urea groups is 1. The summed E-state index contributed by atoms with van der Waals surface area (Å²) in [6.07, 6.45) is 1.48. The number of hydrogen-bond donors (Lipinski definition) is 3. The molecule has 2 rings (SSSR count). The minimum absolute atomic E-state index is 0.345. The first-order valence-corrected chi connectivity index (χ1v) is 3.91. The highest BCUT2D eigenvalue weighted by Gasteiger charge is 2.08. The first kappa shape index (κ1) is 8.42. The van der Waals surface area contributed by atoms with Crippen molar-refractivity contribution in [2.75, 3.05) is 5.32 Å². The zero-order valence-corrected chi connectivity index (χ0v) is 7.40. The summed E-state index contributed by atoms with van der Waals surface area (Å²) in [5.74, 6) is 0.867. The summed E-state index contributed by atoms with van der Waals surface area (Å²) < 4.78 is 0. The first-order chi connectivity index (χ1) is 6.66. The van der Waals surface area contributed by atoms with Gasteiger partial charge in [0, 0.05) is 0 Å². The maximum atomic E-state index is 10.7. The summed E-state index contributed by atoms with van der Waals surface area (Å²) in [4.78, 5) is 25.5. The molecule has 7 heteroatoms. The summed E-state index contributed by atoms with van der Waals surface area (Å²) in [6.45, 7) is 1.71. The van der Waals surface area contributed by atoms with E-state index < -0.39 is 6.03 Å². The largest absolute Gasteiger partial charge is 0.351 e. The normalized spacial score (nSPS) is 10.4. The summed E-state index contributed by atoms with van der Waals surface area (Å²) in [6, 6.07) is -0.668. The van der Waals surface area contributed by atoms with Crippen LogP contribution in [-0.2, 0) is 0 Å². The molecular formula is C7H8N6O. The van der Waals surface area contributed by atoms with Gasteiger partial charge in [-0.05, 0) is 6.92 Å². The quantitative estimate of drug-likeness (QED) is 0.597. The van der Waals surface area contributed by atoms with E-state index in [9.17, 15) is 4.79 Å². The van der Waals surface area contributed by atoms with E-state index in [0.717, 1.165) is 0 Å². The van der Waals surface area contributed by atoms with Crippen LogP contribution in [0.1, 0.15) is 5.82 Å². The third-order valence-electron chi connectivity index (χ3n) is 1.64. The van der Waals surface area contributed by atoms with Crippen LogP contribution in [-0.4, -0.2) is 26.0 Å². The molecule has 0 fully saturated rings. The van der Waals surface area contributed by atoms with Gasteiger partial charge in [-0.15, -0.1) is 0 Å². The van der Waals surface area contributed by atoms with Crippen molar-refractivity contribution >= 4 is 23.0 Å². The topological polar surface area (TPSA) is 110 Å². The summed E-state index contributed by atoms with van der Waals surface area (Å²) in [5, 5.41) is 2.39. The second kappa shape index (κ2) is 2.95. The Bertz CT molecular complexity index is 490. The van der Waals surface area contributed by atoms with Crippen molar-refractivity contribution in [2.45, 2.75) is 6.92 Å². The number of nitrogens with one attached hydrogen (secondary N) is 2. The van der Waals surface area contributed by atoms with Gasteiger partial charge in [0.05, 0.1) is 6.33 Å². The van der Waals surface area contributed by atoms with Gasteiger partial charge < -0.3 is 10.7 Å². The monoisotopic (exact) mass is 192 g/mol. The molecule has 0 aliphatic carbocycles. The van der Waals surface area contributed by atoms with Crippen LogP contribution < -0.4 is 11.1 Å². The number of carbonyl (C=O) groups excluding carboxylic acids is 1. The predicted octanol–water partition coefficient (Wildman–Crippen LogP) is 0.152. The number of anilines is 1. The van der Waals surface area contributed by atoms with Gasteiger partial charge >= 0.3 is 6.03 Å². The molecule has 0 unspecified atom stereocenters. The Hall–Kier alpha value is -2.18. The second-order valence-corrected chi connectivity index (χ2v) is 2.71. The third kappa shape index (κ3) is 1.35. The number of carbonyl (C=O) groups is 1. The van der Waals surface area contributed by atoms with Crippen molar-refractivity contribution in [1.29, 1.82) is 0 Å². The molecule has 0 spiro atoms. The maximum Gasteiger partial charge on any atom is 0.317 e. The van der Waals surface area contributed by atoms with Gasteiger partial charge in [-0.25, -0.2) is 19.7 Å². The van der Waals surface area contributed by atoms with Crippen LogP contribution in [0.25, 0.3) is 11.2 Å². The number of rotatable bonds is 1. The van der Waals surface area contributed by atoms with Crippen LogP contribution >= 0.6 is 0 Å². The minimum Gasteiger partial charge on any atom is -0.351 e. The highest BCUT2D eigenvalue weighted by Crippen LogP contribution is 2.15. The molecule has 0 radical (unpaired) electrons. The number of fused-ring (bicyclic) bond motifs is 1. The lowest BCUT2D eigenvalue weighted by atomic mass is 10.4. The van der Waals surface area contributed by atoms with Gasteiger partial charge in [0.15, 0.2) is 11.5 Å². The van der Waals surface area contributed by atoms with Crippen LogP contribution in [0.5, 0.6) is 0 Å². The molecule has 4 N–H and O–H groups in total. The van der Waals surface area contributed by atoms with Crippen molar-refractivity contribution in [3.8, 4) is 0 Å². The average molecular weight is 192 g/mol. The van der Waals surface area contributed by atoms with Gasteiger partial charge in [0.25, 0.3) is 0 Å². The van der Waals surface area contributed by atoms with Gasteiger partial charge in [-0.3, -0.25) is 5.32 Å². The van der Waals surface area contributed by atoms with E-state index in [1.54, 1.807) is 6.92 Å². The third-order valence-corrected chi connectivity index (χ3v) is 1.64. The lowest BCUT2D eigenvalue weighted by Gasteiger charge is -2.01. The predicted molar refractivity (Wildman–Crippen MR) is 49.6 cm³/mol. The maximum absolute atomic E-state index is 10.7. The number of aryl methyl sites for hydroxylation is 1. The molecule has 2 heterocycles. The average Bonchev–Trinajstić information content (AvgIpc) is 2.50. The van der Waals surface area contributed by atoms with E-state index in [0.29, 0.717) is 22.8 Å². The molecule has 2 aromatic rings. The van der Waals surface area contributed by atoms with Crippen molar-refractivity contribution < 1.29 is 4.79 Å². The lowest BCUT2D eigenvalue weighted by molar-refractivity contribution is 0.259. The zero-order valence-electron chi connectivity index (χ0n) is 7.40. The van der Waals surface area contributed by atoms with Crippen LogP contribution in [0.15, 0.2) is 6.33 Å². The summed E-state index contributed by atoms with van der Waals surface area (Å²) >= 11 is 0. The Balaban J connectivity index is 2.60. The molecule has 7 nitrogen and oxygen atoms in total. The molecule has 0 saturated carbocycles. The van der Waals surface area contributed by atoms with Crippen molar-refractivity contribution in [2.24, 2.45) is 5.73 Å². The lowest BCUT2D eigenvalue weighted by Crippen LogP contribution is -2.20. The van der Waals surface area contributed by atoms with Gasteiger partial charge in [0.1, 0.15) is 11.3 Å². The molecule has 2 amide bonds. The highest BCUT2D eigenvalue weighted by atomic mass is 16.2. The van der Waals surface area contributed by atoms with Gasteiger partial charge in [0.2, 0.25) is 0 Å². The van der Waals surface area contributed by atoms with E-state index in [1.807, 2.05) is 0 Å². The number of amides is 2. The fourth-order valence-electron chi connectivity index (χ4n) is 1.15. The fraction of sp³-hybridized carbons (Fsp3) is 0.143. The summed E-state index contributed by atoms with van der Waals surface area (Å²) in [5.41, 5.74) is 6.05. The van der Waals surface area contributed by atoms with Gasteiger partial charge in [-0.2, -0.15) is 0 Å². The Morgan fingerprint density at radius 3 is 3.07 bits per heavy atom. The van der Waals surface area contributed by atoms with Crippen LogP contribution in [0.3, 0.4) is 0 Å². The zero-order chi connectivity index (χ0) is 10.1. The summed E-state index contributed by atoms with van der Waals surface area (Å²) in [7, 11) is 0. The highest BCUT2D eigenvalue weighted by molar-refractivity contribution is 5.94. The molecule has 2 aromatic heterocycles. The molecule has 0 aromatic carbocycles.